The maximum Gasteiger partial charge on any atom is 0.289 e. The van der Waals surface area contributed by atoms with Crippen molar-refractivity contribution in [2.75, 3.05) is 32.2 Å². The molecule has 0 radical (unpaired) electrons. The van der Waals surface area contributed by atoms with Crippen molar-refractivity contribution in [1.82, 2.24) is 4.90 Å². The largest absolute Gasteiger partial charge is 0.493 e. The van der Waals surface area contributed by atoms with E-state index in [9.17, 15) is 9.59 Å². The number of fused-ring (bicyclic) bond motifs is 5. The Hall–Kier alpha value is -3.74. The lowest BCUT2D eigenvalue weighted by Gasteiger charge is -2.23. The molecule has 0 saturated heterocycles. The Balaban J connectivity index is 1.42. The zero-order valence-corrected chi connectivity index (χ0v) is 17.9. The van der Waals surface area contributed by atoms with Crippen LogP contribution in [-0.2, 0) is 23.2 Å². The lowest BCUT2D eigenvalue weighted by molar-refractivity contribution is -0.122. The van der Waals surface area contributed by atoms with Crippen LogP contribution in [-0.4, -0.2) is 44.0 Å². The average molecular weight is 430 g/mol. The Labute approximate surface area is 185 Å². The van der Waals surface area contributed by atoms with Gasteiger partial charge in [0.1, 0.15) is 29.3 Å². The van der Waals surface area contributed by atoms with Crippen LogP contribution in [0.1, 0.15) is 33.0 Å². The number of para-hydroxylation sites is 1. The molecule has 0 aliphatic carbocycles. The number of nitrogens with zero attached hydrogens (tertiary/aromatic N) is 2. The first-order valence-corrected chi connectivity index (χ1v) is 10.6. The van der Waals surface area contributed by atoms with Gasteiger partial charge in [-0.1, -0.05) is 18.2 Å². The van der Waals surface area contributed by atoms with Gasteiger partial charge in [-0.15, -0.1) is 0 Å². The summed E-state index contributed by atoms with van der Waals surface area (Å²) in [5, 5.41) is 0. The Morgan fingerprint density at radius 2 is 1.91 bits per heavy atom. The second-order valence-corrected chi connectivity index (χ2v) is 8.62. The highest BCUT2D eigenvalue weighted by Crippen LogP contribution is 2.54. The molecule has 0 saturated carbocycles. The van der Waals surface area contributed by atoms with Crippen molar-refractivity contribution < 1.29 is 23.5 Å². The maximum absolute atomic E-state index is 14.0. The lowest BCUT2D eigenvalue weighted by Crippen LogP contribution is -2.42. The van der Waals surface area contributed by atoms with Gasteiger partial charge in [0.15, 0.2) is 5.76 Å². The topological polar surface area (TPSA) is 72.2 Å². The first kappa shape index (κ1) is 19.0. The summed E-state index contributed by atoms with van der Waals surface area (Å²) < 4.78 is 17.5. The van der Waals surface area contributed by atoms with E-state index in [0.29, 0.717) is 18.1 Å². The van der Waals surface area contributed by atoms with Crippen molar-refractivity contribution in [2.24, 2.45) is 0 Å². The van der Waals surface area contributed by atoms with Gasteiger partial charge in [-0.3, -0.25) is 9.59 Å². The molecular weight excluding hydrogens is 408 g/mol. The molecule has 3 aliphatic heterocycles. The van der Waals surface area contributed by atoms with Crippen LogP contribution >= 0.6 is 0 Å². The van der Waals surface area contributed by atoms with Crippen molar-refractivity contribution in [2.45, 2.75) is 18.4 Å². The summed E-state index contributed by atoms with van der Waals surface area (Å²) in [5.41, 5.74) is 2.87. The number of carbonyl (C=O) groups excluding carboxylic acids is 2. The number of amides is 2. The molecule has 3 aliphatic rings. The predicted molar refractivity (Wildman–Crippen MR) is 116 cm³/mol. The third-order valence-corrected chi connectivity index (χ3v) is 6.55. The van der Waals surface area contributed by atoms with Crippen molar-refractivity contribution in [3.8, 4) is 11.5 Å². The van der Waals surface area contributed by atoms with Gasteiger partial charge in [-0.05, 0) is 35.4 Å². The average Bonchev–Trinajstić information content (AvgIpc) is 3.56. The third-order valence-electron chi connectivity index (χ3n) is 6.55. The molecule has 162 valence electrons. The van der Waals surface area contributed by atoms with Crippen LogP contribution in [0.15, 0.2) is 52.9 Å². The fourth-order valence-electron chi connectivity index (χ4n) is 4.96. The Kier molecular flexibility index (Phi) is 3.93. The first-order valence-electron chi connectivity index (χ1n) is 10.6. The minimum absolute atomic E-state index is 0.0480. The molecule has 0 N–H and O–H groups in total. The number of furan rings is 1. The molecule has 0 bridgehead atoms. The molecule has 32 heavy (non-hydrogen) atoms. The van der Waals surface area contributed by atoms with E-state index in [-0.39, 0.29) is 30.7 Å². The van der Waals surface area contributed by atoms with E-state index in [1.54, 1.807) is 31.1 Å². The molecule has 1 atom stereocenters. The molecule has 1 unspecified atom stereocenters. The molecule has 1 aromatic heterocycles. The van der Waals surface area contributed by atoms with Gasteiger partial charge in [0.25, 0.3) is 5.91 Å². The van der Waals surface area contributed by atoms with Crippen LogP contribution < -0.4 is 14.4 Å². The molecule has 0 fully saturated rings. The number of ether oxygens (including phenoxy) is 2. The molecule has 2 aromatic carbocycles. The van der Waals surface area contributed by atoms with Gasteiger partial charge in [-0.2, -0.15) is 0 Å². The minimum Gasteiger partial charge on any atom is -0.493 e. The van der Waals surface area contributed by atoms with Crippen molar-refractivity contribution in [3.63, 3.8) is 0 Å². The summed E-state index contributed by atoms with van der Waals surface area (Å²) in [6.45, 7) is 1.14. The Bertz CT molecular complexity index is 1280. The molecule has 4 heterocycles. The standard InChI is InChI=1S/C25H22N2O5/c1-26(2)23(28)20-8-7-16(32-20)13-27-19-6-4-3-5-17(19)25(24(27)29)14-31-22-12-21-15(9-10-30-21)11-18(22)25/h3-8,11-12H,9-10,13-14H2,1-2H3. The van der Waals surface area contributed by atoms with Gasteiger partial charge in [0, 0.05) is 37.8 Å². The summed E-state index contributed by atoms with van der Waals surface area (Å²) >= 11 is 0. The maximum atomic E-state index is 14.0. The highest BCUT2D eigenvalue weighted by Gasteiger charge is 2.57. The summed E-state index contributed by atoms with van der Waals surface area (Å²) in [6.07, 6.45) is 0.827. The van der Waals surface area contributed by atoms with Crippen LogP contribution in [0.25, 0.3) is 0 Å². The number of carbonyl (C=O) groups is 2. The SMILES string of the molecule is CN(C)C(=O)c1ccc(CN2C(=O)C3(COc4cc5c(cc43)CCO5)c3ccccc32)o1. The zero-order chi connectivity index (χ0) is 22.0. The van der Waals surface area contributed by atoms with Crippen LogP contribution in [0.5, 0.6) is 11.5 Å². The Morgan fingerprint density at radius 3 is 2.75 bits per heavy atom. The number of hydrogen-bond donors (Lipinski definition) is 0. The van der Waals surface area contributed by atoms with Crippen molar-refractivity contribution in [1.29, 1.82) is 0 Å². The number of anilines is 1. The van der Waals surface area contributed by atoms with Gasteiger partial charge in [0.05, 0.1) is 13.2 Å². The second kappa shape index (κ2) is 6.63. The van der Waals surface area contributed by atoms with E-state index in [1.165, 1.54) is 4.90 Å². The molecule has 2 amide bonds. The van der Waals surface area contributed by atoms with E-state index in [1.807, 2.05) is 30.3 Å². The normalized spacial score (nSPS) is 20.1. The van der Waals surface area contributed by atoms with Crippen molar-refractivity contribution in [3.05, 3.63) is 76.7 Å². The summed E-state index contributed by atoms with van der Waals surface area (Å²) in [7, 11) is 3.35. The highest BCUT2D eigenvalue weighted by atomic mass is 16.5. The number of rotatable bonds is 3. The number of benzene rings is 2. The molecule has 3 aromatic rings. The molecule has 7 heteroatoms. The summed E-state index contributed by atoms with van der Waals surface area (Å²) in [6, 6.07) is 15.2. The minimum atomic E-state index is -0.890. The predicted octanol–water partition coefficient (Wildman–Crippen LogP) is 3.14. The van der Waals surface area contributed by atoms with Gasteiger partial charge >= 0.3 is 0 Å². The van der Waals surface area contributed by atoms with E-state index < -0.39 is 5.41 Å². The monoisotopic (exact) mass is 430 g/mol. The highest BCUT2D eigenvalue weighted by molar-refractivity contribution is 6.11. The van der Waals surface area contributed by atoms with E-state index in [2.05, 4.69) is 6.07 Å². The van der Waals surface area contributed by atoms with E-state index in [4.69, 9.17) is 13.9 Å². The zero-order valence-electron chi connectivity index (χ0n) is 17.9. The lowest BCUT2D eigenvalue weighted by atomic mass is 9.76. The van der Waals surface area contributed by atoms with Gasteiger partial charge in [-0.25, -0.2) is 0 Å². The third kappa shape index (κ3) is 2.48. The second-order valence-electron chi connectivity index (χ2n) is 8.62. The summed E-state index contributed by atoms with van der Waals surface area (Å²) in [5.74, 6) is 2.09. The molecule has 1 spiro atoms. The fraction of sp³-hybridized carbons (Fsp3) is 0.280. The molecule has 6 rings (SSSR count). The summed E-state index contributed by atoms with van der Waals surface area (Å²) in [4.78, 5) is 29.4. The van der Waals surface area contributed by atoms with Crippen LogP contribution in [0.2, 0.25) is 0 Å². The van der Waals surface area contributed by atoms with Crippen LogP contribution in [0, 0.1) is 0 Å². The van der Waals surface area contributed by atoms with Gasteiger partial charge in [0.2, 0.25) is 5.91 Å². The van der Waals surface area contributed by atoms with Crippen LogP contribution in [0.3, 0.4) is 0 Å². The quantitative estimate of drug-likeness (QED) is 0.638. The van der Waals surface area contributed by atoms with Crippen LogP contribution in [0.4, 0.5) is 5.69 Å². The van der Waals surface area contributed by atoms with E-state index in [0.717, 1.165) is 34.5 Å². The number of hydrogen-bond acceptors (Lipinski definition) is 5. The Morgan fingerprint density at radius 1 is 1.06 bits per heavy atom. The molecular formula is C25H22N2O5. The smallest absolute Gasteiger partial charge is 0.289 e. The van der Waals surface area contributed by atoms with E-state index >= 15 is 0 Å². The van der Waals surface area contributed by atoms with Gasteiger partial charge < -0.3 is 23.7 Å². The fourth-order valence-corrected chi connectivity index (χ4v) is 4.96. The first-order chi connectivity index (χ1) is 15.5. The molecule has 7 nitrogen and oxygen atoms in total. The van der Waals surface area contributed by atoms with Crippen molar-refractivity contribution >= 4 is 17.5 Å².